The van der Waals surface area contributed by atoms with Gasteiger partial charge in [0.05, 0.1) is 25.1 Å². The number of hydrogen-bond acceptors (Lipinski definition) is 5. The fourth-order valence-electron chi connectivity index (χ4n) is 2.05. The first-order valence-corrected chi connectivity index (χ1v) is 6.32. The van der Waals surface area contributed by atoms with E-state index in [1.165, 1.54) is 0 Å². The summed E-state index contributed by atoms with van der Waals surface area (Å²) in [6.45, 7) is 0. The van der Waals surface area contributed by atoms with E-state index in [1.807, 2.05) is 0 Å². The van der Waals surface area contributed by atoms with Gasteiger partial charge in [-0.15, -0.1) is 0 Å². The molecule has 4 aromatic heterocycles. The van der Waals surface area contributed by atoms with E-state index < -0.39 is 0 Å². The van der Waals surface area contributed by atoms with Crippen LogP contribution in [0.5, 0.6) is 11.5 Å². The van der Waals surface area contributed by atoms with E-state index in [-0.39, 0.29) is 0 Å². The van der Waals surface area contributed by atoms with Crippen LogP contribution >= 0.6 is 0 Å². The van der Waals surface area contributed by atoms with Gasteiger partial charge in [0, 0.05) is 12.1 Å². The molecule has 0 fully saturated rings. The van der Waals surface area contributed by atoms with Gasteiger partial charge in [0.2, 0.25) is 11.5 Å². The first-order valence-electron chi connectivity index (χ1n) is 6.32. The average Bonchev–Trinajstić information content (AvgIpc) is 3.28. The summed E-state index contributed by atoms with van der Waals surface area (Å²) in [5.74, 6) is 3.31. The van der Waals surface area contributed by atoms with Crippen molar-refractivity contribution in [3.8, 4) is 34.5 Å². The van der Waals surface area contributed by atoms with Crippen molar-refractivity contribution in [1.29, 1.82) is 0 Å². The highest BCUT2D eigenvalue weighted by atomic mass is 16.5. The normalized spacial score (nSPS) is 10.9. The molecular weight excluding hydrogens is 272 g/mol. The summed E-state index contributed by atoms with van der Waals surface area (Å²) < 4.78 is 27.3. The van der Waals surface area contributed by atoms with Crippen LogP contribution in [0.1, 0.15) is 0 Å². The molecule has 5 nitrogen and oxygen atoms in total. The monoisotopic (exact) mass is 282 g/mol. The Balaban J connectivity index is 1.69. The molecule has 5 heteroatoms. The standard InChI is InChI=1S/C16H10O5/c1-3-11(17-7-1)15-13(5-9-19-15)21-14-6-10-20-16(14)12-4-2-8-18-12/h1-10H. The molecule has 0 aliphatic heterocycles. The zero-order valence-electron chi connectivity index (χ0n) is 10.8. The molecule has 0 radical (unpaired) electrons. The Morgan fingerprint density at radius 2 is 1.10 bits per heavy atom. The van der Waals surface area contributed by atoms with Gasteiger partial charge < -0.3 is 22.4 Å². The van der Waals surface area contributed by atoms with Crippen molar-refractivity contribution < 1.29 is 22.4 Å². The van der Waals surface area contributed by atoms with Crippen LogP contribution in [-0.4, -0.2) is 0 Å². The van der Waals surface area contributed by atoms with Crippen molar-refractivity contribution in [2.75, 3.05) is 0 Å². The van der Waals surface area contributed by atoms with Gasteiger partial charge in [-0.3, -0.25) is 0 Å². The van der Waals surface area contributed by atoms with Crippen LogP contribution in [0.4, 0.5) is 0 Å². The minimum absolute atomic E-state index is 0.520. The van der Waals surface area contributed by atoms with Crippen LogP contribution in [0.15, 0.2) is 79.1 Å². The first-order chi connectivity index (χ1) is 10.4. The highest BCUT2D eigenvalue weighted by Gasteiger charge is 2.18. The van der Waals surface area contributed by atoms with Gasteiger partial charge in [0.25, 0.3) is 0 Å². The maximum Gasteiger partial charge on any atom is 0.211 e. The van der Waals surface area contributed by atoms with Crippen molar-refractivity contribution in [3.05, 3.63) is 61.5 Å². The van der Waals surface area contributed by atoms with Gasteiger partial charge in [0.15, 0.2) is 23.0 Å². The lowest BCUT2D eigenvalue weighted by Gasteiger charge is -2.03. The van der Waals surface area contributed by atoms with E-state index in [0.29, 0.717) is 34.5 Å². The van der Waals surface area contributed by atoms with E-state index in [9.17, 15) is 0 Å². The van der Waals surface area contributed by atoms with Crippen molar-refractivity contribution in [1.82, 2.24) is 0 Å². The fourth-order valence-corrected chi connectivity index (χ4v) is 2.05. The summed E-state index contributed by atoms with van der Waals surface area (Å²) >= 11 is 0. The second-order valence-electron chi connectivity index (χ2n) is 4.28. The van der Waals surface area contributed by atoms with Gasteiger partial charge in [-0.05, 0) is 24.3 Å². The summed E-state index contributed by atoms with van der Waals surface area (Å²) in [4.78, 5) is 0. The third-order valence-electron chi connectivity index (χ3n) is 2.97. The van der Waals surface area contributed by atoms with Crippen LogP contribution in [0.3, 0.4) is 0 Å². The van der Waals surface area contributed by atoms with E-state index in [2.05, 4.69) is 0 Å². The molecule has 0 N–H and O–H groups in total. The number of furan rings is 4. The maximum absolute atomic E-state index is 5.86. The van der Waals surface area contributed by atoms with E-state index >= 15 is 0 Å². The largest absolute Gasteiger partial charge is 0.461 e. The lowest BCUT2D eigenvalue weighted by atomic mass is 10.3. The molecule has 0 bridgehead atoms. The molecule has 0 saturated carbocycles. The summed E-state index contributed by atoms with van der Waals surface area (Å²) in [6, 6.07) is 10.6. The molecule has 0 saturated heterocycles. The Labute approximate surface area is 119 Å². The summed E-state index contributed by atoms with van der Waals surface area (Å²) in [7, 11) is 0. The van der Waals surface area contributed by atoms with Crippen LogP contribution in [0, 0.1) is 0 Å². The molecular formula is C16H10O5. The SMILES string of the molecule is c1coc(-c2occc2Oc2ccoc2-c2ccco2)c1. The Morgan fingerprint density at radius 1 is 0.571 bits per heavy atom. The molecule has 21 heavy (non-hydrogen) atoms. The van der Waals surface area contributed by atoms with Crippen LogP contribution in [-0.2, 0) is 0 Å². The predicted octanol–water partition coefficient (Wildman–Crippen LogP) is 5.18. The molecule has 0 aromatic carbocycles. The van der Waals surface area contributed by atoms with Gasteiger partial charge in [0.1, 0.15) is 0 Å². The third-order valence-corrected chi connectivity index (χ3v) is 2.97. The molecule has 0 amide bonds. The van der Waals surface area contributed by atoms with Crippen LogP contribution < -0.4 is 4.74 Å². The Kier molecular flexibility index (Phi) is 2.67. The zero-order valence-corrected chi connectivity index (χ0v) is 10.8. The molecule has 4 heterocycles. The highest BCUT2D eigenvalue weighted by molar-refractivity contribution is 5.63. The maximum atomic E-state index is 5.86. The highest BCUT2D eigenvalue weighted by Crippen LogP contribution is 2.39. The third kappa shape index (κ3) is 2.04. The van der Waals surface area contributed by atoms with Crippen LogP contribution in [0.2, 0.25) is 0 Å². The second-order valence-corrected chi connectivity index (χ2v) is 4.28. The molecule has 0 unspecified atom stereocenters. The Hall–Kier alpha value is -3.08. The molecule has 0 spiro atoms. The molecule has 104 valence electrons. The van der Waals surface area contributed by atoms with E-state index in [1.54, 1.807) is 61.5 Å². The smallest absolute Gasteiger partial charge is 0.211 e. The quantitative estimate of drug-likeness (QED) is 0.515. The lowest BCUT2D eigenvalue weighted by Crippen LogP contribution is -1.84. The molecule has 4 aromatic rings. The Morgan fingerprint density at radius 3 is 1.52 bits per heavy atom. The first kappa shape index (κ1) is 11.7. The minimum Gasteiger partial charge on any atom is -0.461 e. The number of ether oxygens (including phenoxy) is 1. The minimum atomic E-state index is 0.520. The summed E-state index contributed by atoms with van der Waals surface area (Å²) in [6.07, 6.45) is 6.24. The fraction of sp³-hybridized carbons (Fsp3) is 0. The van der Waals surface area contributed by atoms with Crippen molar-refractivity contribution in [2.45, 2.75) is 0 Å². The van der Waals surface area contributed by atoms with Crippen LogP contribution in [0.25, 0.3) is 23.0 Å². The molecule has 4 rings (SSSR count). The van der Waals surface area contributed by atoms with E-state index in [0.717, 1.165) is 0 Å². The second kappa shape index (κ2) is 4.79. The van der Waals surface area contributed by atoms with Crippen molar-refractivity contribution >= 4 is 0 Å². The number of hydrogen-bond donors (Lipinski definition) is 0. The zero-order chi connectivity index (χ0) is 14.1. The Bertz CT molecular complexity index is 747. The van der Waals surface area contributed by atoms with Crippen molar-refractivity contribution in [2.24, 2.45) is 0 Å². The van der Waals surface area contributed by atoms with Gasteiger partial charge >= 0.3 is 0 Å². The molecule has 0 aliphatic carbocycles. The predicted molar refractivity (Wildman–Crippen MR) is 72.9 cm³/mol. The molecule has 0 atom stereocenters. The summed E-state index contributed by atoms with van der Waals surface area (Å²) in [5.41, 5.74) is 0. The van der Waals surface area contributed by atoms with Gasteiger partial charge in [-0.2, -0.15) is 0 Å². The average molecular weight is 282 g/mol. The summed E-state index contributed by atoms with van der Waals surface area (Å²) in [5, 5.41) is 0. The van der Waals surface area contributed by atoms with Crippen molar-refractivity contribution in [3.63, 3.8) is 0 Å². The number of rotatable bonds is 4. The van der Waals surface area contributed by atoms with Gasteiger partial charge in [-0.1, -0.05) is 0 Å². The lowest BCUT2D eigenvalue weighted by molar-refractivity contribution is 0.449. The topological polar surface area (TPSA) is 61.8 Å². The van der Waals surface area contributed by atoms with Gasteiger partial charge in [-0.25, -0.2) is 0 Å². The molecule has 0 aliphatic rings. The van der Waals surface area contributed by atoms with E-state index in [4.69, 9.17) is 22.4 Å².